The van der Waals surface area contributed by atoms with Gasteiger partial charge >= 0.3 is 6.09 Å². The lowest BCUT2D eigenvalue weighted by Crippen LogP contribution is -2.26. The summed E-state index contributed by atoms with van der Waals surface area (Å²) in [5.41, 5.74) is 0. The van der Waals surface area contributed by atoms with Gasteiger partial charge in [0, 0.05) is 32.7 Å². The normalized spacial score (nSPS) is 11.9. The molecule has 0 aromatic heterocycles. The van der Waals surface area contributed by atoms with Gasteiger partial charge in [-0.25, -0.2) is 4.79 Å². The number of amides is 2. The molecule has 0 bridgehead atoms. The van der Waals surface area contributed by atoms with Crippen molar-refractivity contribution in [3.05, 3.63) is 0 Å². The quantitative estimate of drug-likeness (QED) is 0.0816. The first-order valence-corrected chi connectivity index (χ1v) is 17.3. The molecule has 0 aliphatic carbocycles. The molecule has 0 aliphatic rings. The van der Waals surface area contributed by atoms with Gasteiger partial charge in [-0.05, 0) is 38.0 Å². The van der Waals surface area contributed by atoms with Crippen LogP contribution in [-0.2, 0) is 14.3 Å². The van der Waals surface area contributed by atoms with Crippen LogP contribution in [-0.4, -0.2) is 44.9 Å². The fourth-order valence-electron chi connectivity index (χ4n) is 4.79. The van der Waals surface area contributed by atoms with Crippen LogP contribution in [0, 0.1) is 5.92 Å². The molecule has 0 spiro atoms. The van der Waals surface area contributed by atoms with E-state index in [1.54, 1.807) is 0 Å². The SMILES string of the molecule is CCCCCCCCCCCCCCCCCCOCC(C)CCOC(=O)NCCCCCC(=O)NCCCC. The number of hydrogen-bond acceptors (Lipinski definition) is 4. The summed E-state index contributed by atoms with van der Waals surface area (Å²) in [6, 6.07) is 0. The van der Waals surface area contributed by atoms with Crippen LogP contribution in [0.1, 0.15) is 168 Å². The first kappa shape index (κ1) is 38.7. The second-order valence-corrected chi connectivity index (χ2v) is 11.8. The Hall–Kier alpha value is -1.30. The highest BCUT2D eigenvalue weighted by atomic mass is 16.5. The third-order valence-electron chi connectivity index (χ3n) is 7.59. The van der Waals surface area contributed by atoms with Crippen LogP contribution < -0.4 is 10.6 Å². The van der Waals surface area contributed by atoms with Crippen molar-refractivity contribution in [3.8, 4) is 0 Å². The predicted molar refractivity (Wildman–Crippen MR) is 170 cm³/mol. The van der Waals surface area contributed by atoms with E-state index in [9.17, 15) is 9.59 Å². The van der Waals surface area contributed by atoms with Crippen LogP contribution in [0.3, 0.4) is 0 Å². The van der Waals surface area contributed by atoms with Gasteiger partial charge in [-0.3, -0.25) is 4.79 Å². The van der Waals surface area contributed by atoms with Gasteiger partial charge in [-0.15, -0.1) is 0 Å². The molecule has 1 unspecified atom stereocenters. The number of rotatable bonds is 31. The van der Waals surface area contributed by atoms with E-state index in [0.717, 1.165) is 64.7 Å². The summed E-state index contributed by atoms with van der Waals surface area (Å²) in [4.78, 5) is 23.5. The Bertz CT molecular complexity index is 544. The smallest absolute Gasteiger partial charge is 0.407 e. The molecule has 0 aromatic rings. The molecule has 2 amide bonds. The van der Waals surface area contributed by atoms with Gasteiger partial charge in [0.25, 0.3) is 0 Å². The van der Waals surface area contributed by atoms with Crippen molar-refractivity contribution in [3.63, 3.8) is 0 Å². The van der Waals surface area contributed by atoms with Crippen LogP contribution in [0.2, 0.25) is 0 Å². The largest absolute Gasteiger partial charge is 0.450 e. The minimum absolute atomic E-state index is 0.129. The Balaban J connectivity index is 3.30. The topological polar surface area (TPSA) is 76.7 Å². The second-order valence-electron chi connectivity index (χ2n) is 11.8. The lowest BCUT2D eigenvalue weighted by molar-refractivity contribution is -0.121. The zero-order valence-electron chi connectivity index (χ0n) is 27.0. The number of ether oxygens (including phenoxy) is 2. The molecule has 0 heterocycles. The van der Waals surface area contributed by atoms with Gasteiger partial charge in [0.05, 0.1) is 6.61 Å². The monoisotopic (exact) mass is 569 g/mol. The van der Waals surface area contributed by atoms with Crippen molar-refractivity contribution >= 4 is 12.0 Å². The molecule has 0 saturated heterocycles. The minimum Gasteiger partial charge on any atom is -0.450 e. The average Bonchev–Trinajstić information content (AvgIpc) is 2.94. The Morgan fingerprint density at radius 2 is 1.07 bits per heavy atom. The van der Waals surface area contributed by atoms with Gasteiger partial charge in [0.15, 0.2) is 0 Å². The summed E-state index contributed by atoms with van der Waals surface area (Å²) in [5.74, 6) is 0.515. The lowest BCUT2D eigenvalue weighted by Gasteiger charge is -2.13. The van der Waals surface area contributed by atoms with Crippen molar-refractivity contribution in [1.29, 1.82) is 0 Å². The molecule has 0 saturated carbocycles. The first-order chi connectivity index (χ1) is 19.6. The summed E-state index contributed by atoms with van der Waals surface area (Å²) < 4.78 is 11.1. The number of hydrogen-bond donors (Lipinski definition) is 2. The van der Waals surface area contributed by atoms with Crippen molar-refractivity contribution in [2.45, 2.75) is 168 Å². The average molecular weight is 569 g/mol. The summed E-state index contributed by atoms with van der Waals surface area (Å²) >= 11 is 0. The molecule has 2 N–H and O–H groups in total. The Labute approximate surface area is 248 Å². The fourth-order valence-corrected chi connectivity index (χ4v) is 4.79. The van der Waals surface area contributed by atoms with Crippen LogP contribution in [0.25, 0.3) is 0 Å². The molecule has 1 atom stereocenters. The van der Waals surface area contributed by atoms with Crippen LogP contribution in [0.15, 0.2) is 0 Å². The number of carbonyl (C=O) groups is 2. The van der Waals surface area contributed by atoms with E-state index in [4.69, 9.17) is 9.47 Å². The molecule has 6 heteroatoms. The van der Waals surface area contributed by atoms with E-state index >= 15 is 0 Å². The maximum atomic E-state index is 11.8. The molecule has 40 heavy (non-hydrogen) atoms. The fraction of sp³-hybridized carbons (Fsp3) is 0.941. The minimum atomic E-state index is -0.349. The van der Waals surface area contributed by atoms with E-state index < -0.39 is 0 Å². The molecule has 6 nitrogen and oxygen atoms in total. The zero-order chi connectivity index (χ0) is 29.4. The predicted octanol–water partition coefficient (Wildman–Crippen LogP) is 9.49. The maximum Gasteiger partial charge on any atom is 0.407 e. The number of unbranched alkanes of at least 4 members (excludes halogenated alkanes) is 18. The van der Waals surface area contributed by atoms with Gasteiger partial charge in [0.2, 0.25) is 5.91 Å². The van der Waals surface area contributed by atoms with Crippen molar-refractivity contribution < 1.29 is 19.1 Å². The summed E-state index contributed by atoms with van der Waals surface area (Å²) in [6.07, 6.45) is 27.9. The number of alkyl carbamates (subject to hydrolysis) is 1. The van der Waals surface area contributed by atoms with E-state index in [2.05, 4.69) is 31.4 Å². The third kappa shape index (κ3) is 31.2. The molecule has 0 aromatic carbocycles. The van der Waals surface area contributed by atoms with Crippen molar-refractivity contribution in [2.75, 3.05) is 32.9 Å². The highest BCUT2D eigenvalue weighted by Gasteiger charge is 2.06. The molecule has 238 valence electrons. The van der Waals surface area contributed by atoms with Gasteiger partial charge in [0.1, 0.15) is 0 Å². The van der Waals surface area contributed by atoms with E-state index in [0.29, 0.717) is 25.5 Å². The molecule has 0 radical (unpaired) electrons. The summed E-state index contributed by atoms with van der Waals surface area (Å²) in [6.45, 7) is 9.90. The Kier molecular flexibility index (Phi) is 31.2. The second kappa shape index (κ2) is 32.2. The van der Waals surface area contributed by atoms with Crippen LogP contribution in [0.5, 0.6) is 0 Å². The van der Waals surface area contributed by atoms with Crippen molar-refractivity contribution in [1.82, 2.24) is 10.6 Å². The van der Waals surface area contributed by atoms with E-state index in [1.807, 2.05) is 0 Å². The highest BCUT2D eigenvalue weighted by Crippen LogP contribution is 2.14. The molecule has 0 aliphatic heterocycles. The van der Waals surface area contributed by atoms with Gasteiger partial charge in [-0.1, -0.05) is 130 Å². The highest BCUT2D eigenvalue weighted by molar-refractivity contribution is 5.75. The number of carbonyl (C=O) groups excluding carboxylic acids is 2. The lowest BCUT2D eigenvalue weighted by atomic mass is 10.0. The molecular formula is C34H68N2O4. The van der Waals surface area contributed by atoms with Gasteiger partial charge < -0.3 is 20.1 Å². The van der Waals surface area contributed by atoms with E-state index in [-0.39, 0.29) is 12.0 Å². The molecule has 0 rings (SSSR count). The zero-order valence-corrected chi connectivity index (χ0v) is 27.0. The molecule has 0 fully saturated rings. The van der Waals surface area contributed by atoms with Gasteiger partial charge in [-0.2, -0.15) is 0 Å². The Morgan fingerprint density at radius 1 is 0.575 bits per heavy atom. The van der Waals surface area contributed by atoms with Crippen LogP contribution in [0.4, 0.5) is 4.79 Å². The molecular weight excluding hydrogens is 500 g/mol. The maximum absolute atomic E-state index is 11.8. The standard InChI is InChI=1S/C34H68N2O4/c1-4-6-8-9-10-11-12-13-14-15-16-17-18-19-20-24-29-39-31-32(3)26-30-40-34(38)36-28-23-21-22-25-33(37)35-27-7-5-2/h32H,4-31H2,1-3H3,(H,35,37)(H,36,38). The van der Waals surface area contributed by atoms with Crippen LogP contribution >= 0.6 is 0 Å². The third-order valence-corrected chi connectivity index (χ3v) is 7.59. The Morgan fingerprint density at radius 3 is 1.65 bits per heavy atom. The first-order valence-electron chi connectivity index (χ1n) is 17.3. The van der Waals surface area contributed by atoms with E-state index in [1.165, 1.54) is 96.3 Å². The summed E-state index contributed by atoms with van der Waals surface area (Å²) in [7, 11) is 0. The summed E-state index contributed by atoms with van der Waals surface area (Å²) in [5, 5.41) is 5.73. The van der Waals surface area contributed by atoms with Crippen molar-refractivity contribution in [2.24, 2.45) is 5.92 Å². The number of nitrogens with one attached hydrogen (secondary N) is 2.